The van der Waals surface area contributed by atoms with Crippen LogP contribution in [0.4, 0.5) is 0 Å². The van der Waals surface area contributed by atoms with E-state index in [0.29, 0.717) is 19.4 Å². The number of rotatable bonds is 8. The average Bonchev–Trinajstić information content (AvgIpc) is 2.87. The summed E-state index contributed by atoms with van der Waals surface area (Å²) < 4.78 is 2.06. The lowest BCUT2D eigenvalue weighted by Gasteiger charge is -2.27. The number of fused-ring (bicyclic) bond motifs is 1. The third kappa shape index (κ3) is 4.59. The molecule has 2 rings (SSSR count). The Morgan fingerprint density at radius 3 is 2.65 bits per heavy atom. The summed E-state index contributed by atoms with van der Waals surface area (Å²) in [7, 11) is 0. The van der Waals surface area contributed by atoms with E-state index in [0.717, 1.165) is 16.9 Å². The normalized spacial score (nSPS) is 13.2. The molecule has 0 spiro atoms. The summed E-state index contributed by atoms with van der Waals surface area (Å²) in [6.45, 7) is 10.1. The minimum Gasteiger partial charge on any atom is -0.480 e. The number of aryl methyl sites for hydroxylation is 2. The van der Waals surface area contributed by atoms with Gasteiger partial charge in [0.25, 0.3) is 0 Å². The predicted molar refractivity (Wildman–Crippen MR) is 99.7 cm³/mol. The lowest BCUT2D eigenvalue weighted by molar-refractivity contribution is -0.144. The number of carboxylic acids is 1. The van der Waals surface area contributed by atoms with Gasteiger partial charge >= 0.3 is 5.97 Å². The van der Waals surface area contributed by atoms with Gasteiger partial charge in [-0.3, -0.25) is 9.78 Å². The number of nitrogens with one attached hydrogen (secondary N) is 1. The van der Waals surface area contributed by atoms with E-state index in [4.69, 9.17) is 0 Å². The molecule has 26 heavy (non-hydrogen) atoms. The molecule has 0 aromatic carbocycles. The maximum Gasteiger partial charge on any atom is 0.326 e. The van der Waals surface area contributed by atoms with Gasteiger partial charge in [-0.2, -0.15) is 0 Å². The summed E-state index contributed by atoms with van der Waals surface area (Å²) in [6.07, 6.45) is 4.43. The van der Waals surface area contributed by atoms with Crippen LogP contribution in [0.1, 0.15) is 46.4 Å². The number of nitrogens with zero attached hydrogens (tertiary/aromatic N) is 3. The summed E-state index contributed by atoms with van der Waals surface area (Å²) in [4.78, 5) is 32.6. The standard InChI is InChI=1S/C19H28N4O3/c1-12(2)10-14(17(24)25)22-18(26)19(4,5)7-9-23-13(3)21-15-11-20-8-6-16(15)23/h6,8,11-12,14H,7,9-10H2,1-5H3,(H,22,26)(H,24,25)/t14-/m0/s1. The number of hydrogen-bond donors (Lipinski definition) is 2. The molecule has 0 radical (unpaired) electrons. The molecule has 142 valence electrons. The summed E-state index contributed by atoms with van der Waals surface area (Å²) in [6, 6.07) is 1.05. The van der Waals surface area contributed by atoms with Crippen molar-refractivity contribution in [1.82, 2.24) is 19.9 Å². The number of aromatic nitrogens is 3. The largest absolute Gasteiger partial charge is 0.480 e. The number of carbonyl (C=O) groups is 2. The van der Waals surface area contributed by atoms with E-state index < -0.39 is 17.4 Å². The topological polar surface area (TPSA) is 97.1 Å². The van der Waals surface area contributed by atoms with Crippen molar-refractivity contribution in [2.45, 2.75) is 60.0 Å². The maximum atomic E-state index is 12.7. The van der Waals surface area contributed by atoms with Crippen molar-refractivity contribution in [3.8, 4) is 0 Å². The highest BCUT2D eigenvalue weighted by Crippen LogP contribution is 2.24. The monoisotopic (exact) mass is 360 g/mol. The molecule has 0 aliphatic carbocycles. The first-order valence-corrected chi connectivity index (χ1v) is 8.92. The van der Waals surface area contributed by atoms with Gasteiger partial charge in [0.05, 0.1) is 11.7 Å². The molecule has 0 fully saturated rings. The number of carboxylic acid groups (broad SMARTS) is 1. The first kappa shape index (κ1) is 19.9. The molecular formula is C19H28N4O3. The lowest BCUT2D eigenvalue weighted by atomic mass is 9.87. The van der Waals surface area contributed by atoms with Crippen LogP contribution in [-0.2, 0) is 16.1 Å². The lowest BCUT2D eigenvalue weighted by Crippen LogP contribution is -2.47. The molecule has 0 aliphatic rings. The first-order valence-electron chi connectivity index (χ1n) is 8.92. The van der Waals surface area contributed by atoms with Crippen molar-refractivity contribution in [2.24, 2.45) is 11.3 Å². The number of pyridine rings is 1. The van der Waals surface area contributed by atoms with E-state index in [2.05, 4.69) is 19.9 Å². The molecule has 2 heterocycles. The van der Waals surface area contributed by atoms with Crippen molar-refractivity contribution < 1.29 is 14.7 Å². The van der Waals surface area contributed by atoms with Crippen molar-refractivity contribution in [3.63, 3.8) is 0 Å². The molecule has 0 bridgehead atoms. The van der Waals surface area contributed by atoms with Gasteiger partial charge in [-0.15, -0.1) is 0 Å². The van der Waals surface area contributed by atoms with Crippen LogP contribution in [0.2, 0.25) is 0 Å². The van der Waals surface area contributed by atoms with Crippen LogP contribution < -0.4 is 5.32 Å². The molecule has 2 N–H and O–H groups in total. The first-order chi connectivity index (χ1) is 12.1. The van der Waals surface area contributed by atoms with Gasteiger partial charge in [0.2, 0.25) is 5.91 Å². The molecule has 0 saturated carbocycles. The van der Waals surface area contributed by atoms with Gasteiger partial charge < -0.3 is 15.0 Å². The van der Waals surface area contributed by atoms with Crippen molar-refractivity contribution in [2.75, 3.05) is 0 Å². The van der Waals surface area contributed by atoms with E-state index >= 15 is 0 Å². The van der Waals surface area contributed by atoms with E-state index in [-0.39, 0.29) is 11.8 Å². The fraction of sp³-hybridized carbons (Fsp3) is 0.579. The molecule has 0 aliphatic heterocycles. The van der Waals surface area contributed by atoms with E-state index in [1.165, 1.54) is 0 Å². The van der Waals surface area contributed by atoms with Crippen LogP contribution in [0.25, 0.3) is 11.0 Å². The van der Waals surface area contributed by atoms with Gasteiger partial charge in [-0.25, -0.2) is 9.78 Å². The summed E-state index contributed by atoms with van der Waals surface area (Å²) in [5.41, 5.74) is 1.12. The van der Waals surface area contributed by atoms with E-state index in [1.807, 2.05) is 40.7 Å². The minimum atomic E-state index is -0.994. The predicted octanol–water partition coefficient (Wildman–Crippen LogP) is 2.77. The van der Waals surface area contributed by atoms with Gasteiger partial charge in [-0.1, -0.05) is 27.7 Å². The van der Waals surface area contributed by atoms with Crippen molar-refractivity contribution >= 4 is 22.9 Å². The maximum absolute atomic E-state index is 12.7. The Labute approximate surface area is 153 Å². The molecule has 0 saturated heterocycles. The molecule has 7 heteroatoms. The van der Waals surface area contributed by atoms with Crippen LogP contribution >= 0.6 is 0 Å². The Balaban J connectivity index is 2.08. The number of aliphatic carboxylic acids is 1. The highest BCUT2D eigenvalue weighted by atomic mass is 16.4. The molecule has 2 aromatic rings. The number of carbonyl (C=O) groups excluding carboxylic acids is 1. The Kier molecular flexibility index (Phi) is 6.00. The SMILES string of the molecule is Cc1nc2cnccc2n1CCC(C)(C)C(=O)N[C@@H](CC(C)C)C(=O)O. The minimum absolute atomic E-state index is 0.188. The average molecular weight is 360 g/mol. The number of imidazole rings is 1. The fourth-order valence-corrected chi connectivity index (χ4v) is 2.94. The van der Waals surface area contributed by atoms with Gasteiger partial charge in [0, 0.05) is 18.2 Å². The van der Waals surface area contributed by atoms with Crippen LogP contribution in [0, 0.1) is 18.3 Å². The Morgan fingerprint density at radius 1 is 1.35 bits per heavy atom. The second kappa shape index (κ2) is 7.85. The third-order valence-corrected chi connectivity index (χ3v) is 4.63. The molecule has 1 atom stereocenters. The Hall–Kier alpha value is -2.44. The zero-order valence-corrected chi connectivity index (χ0v) is 16.1. The highest BCUT2D eigenvalue weighted by molar-refractivity contribution is 5.87. The molecule has 2 aromatic heterocycles. The number of amides is 1. The summed E-state index contributed by atoms with van der Waals surface area (Å²) in [5, 5.41) is 12.0. The van der Waals surface area contributed by atoms with Crippen LogP contribution in [0.3, 0.4) is 0 Å². The van der Waals surface area contributed by atoms with Gasteiger partial charge in [0.1, 0.15) is 17.4 Å². The second-order valence-corrected chi connectivity index (χ2v) is 7.80. The molecular weight excluding hydrogens is 332 g/mol. The zero-order valence-electron chi connectivity index (χ0n) is 16.1. The van der Waals surface area contributed by atoms with E-state index in [9.17, 15) is 14.7 Å². The zero-order chi connectivity index (χ0) is 19.5. The smallest absolute Gasteiger partial charge is 0.326 e. The van der Waals surface area contributed by atoms with Crippen molar-refractivity contribution in [3.05, 3.63) is 24.3 Å². The van der Waals surface area contributed by atoms with E-state index in [1.54, 1.807) is 12.4 Å². The van der Waals surface area contributed by atoms with Crippen molar-refractivity contribution in [1.29, 1.82) is 0 Å². The Bertz CT molecular complexity index is 795. The van der Waals surface area contributed by atoms with Gasteiger partial charge in [-0.05, 0) is 31.7 Å². The number of hydrogen-bond acceptors (Lipinski definition) is 4. The van der Waals surface area contributed by atoms with Crippen LogP contribution in [0.15, 0.2) is 18.5 Å². The summed E-state index contributed by atoms with van der Waals surface area (Å²) in [5.74, 6) is -0.179. The van der Waals surface area contributed by atoms with Gasteiger partial charge in [0.15, 0.2) is 0 Å². The quantitative estimate of drug-likeness (QED) is 0.754. The molecule has 0 unspecified atom stereocenters. The highest BCUT2D eigenvalue weighted by Gasteiger charge is 2.31. The third-order valence-electron chi connectivity index (χ3n) is 4.63. The fourth-order valence-electron chi connectivity index (χ4n) is 2.94. The molecule has 7 nitrogen and oxygen atoms in total. The Morgan fingerprint density at radius 2 is 2.04 bits per heavy atom. The molecule has 1 amide bonds. The van der Waals surface area contributed by atoms with Crippen LogP contribution in [-0.4, -0.2) is 37.6 Å². The summed E-state index contributed by atoms with van der Waals surface area (Å²) >= 11 is 0. The second-order valence-electron chi connectivity index (χ2n) is 7.80. The van der Waals surface area contributed by atoms with Crippen LogP contribution in [0.5, 0.6) is 0 Å².